The van der Waals surface area contributed by atoms with Crippen molar-refractivity contribution in [3.05, 3.63) is 71.6 Å². The van der Waals surface area contributed by atoms with E-state index in [1.165, 1.54) is 12.0 Å². The maximum Gasteiger partial charge on any atom is 0.216 e. The SMILES string of the molecule is Oc1c2c(nn1C1(N3CCN(CCCc4ccccc4)CC3)C=CC=CN1)CCCC2. The molecular formula is C25H33N5O. The monoisotopic (exact) mass is 419 g/mol. The number of fused-ring (bicyclic) bond motifs is 1. The Morgan fingerprint density at radius 1 is 1.00 bits per heavy atom. The molecule has 2 aliphatic heterocycles. The average Bonchev–Trinajstić information content (AvgIpc) is 3.18. The van der Waals surface area contributed by atoms with Crippen molar-refractivity contribution in [3.8, 4) is 5.88 Å². The first-order valence-corrected chi connectivity index (χ1v) is 11.7. The zero-order chi connectivity index (χ0) is 21.1. The van der Waals surface area contributed by atoms with E-state index in [0.717, 1.165) is 76.1 Å². The highest BCUT2D eigenvalue weighted by molar-refractivity contribution is 5.35. The Labute approximate surface area is 184 Å². The first-order chi connectivity index (χ1) is 15.3. The third-order valence-electron chi connectivity index (χ3n) is 6.92. The molecule has 0 amide bonds. The highest BCUT2D eigenvalue weighted by Gasteiger charge is 2.42. The molecule has 1 aromatic carbocycles. The molecule has 6 nitrogen and oxygen atoms in total. The van der Waals surface area contributed by atoms with Crippen LogP contribution in [-0.2, 0) is 25.0 Å². The molecule has 31 heavy (non-hydrogen) atoms. The summed E-state index contributed by atoms with van der Waals surface area (Å²) in [5.41, 5.74) is 3.52. The molecule has 2 aromatic rings. The molecule has 3 heterocycles. The van der Waals surface area contributed by atoms with Gasteiger partial charge < -0.3 is 15.3 Å². The van der Waals surface area contributed by atoms with Gasteiger partial charge in [0.15, 0.2) is 0 Å². The molecule has 2 N–H and O–H groups in total. The predicted octanol–water partition coefficient (Wildman–Crippen LogP) is 3.00. The number of piperazine rings is 1. The number of hydrogen-bond acceptors (Lipinski definition) is 5. The molecule has 1 unspecified atom stereocenters. The molecule has 1 aliphatic carbocycles. The van der Waals surface area contributed by atoms with Gasteiger partial charge in [0.1, 0.15) is 0 Å². The third-order valence-corrected chi connectivity index (χ3v) is 6.92. The number of nitrogens with zero attached hydrogens (tertiary/aromatic N) is 4. The summed E-state index contributed by atoms with van der Waals surface area (Å²) >= 11 is 0. The Morgan fingerprint density at radius 2 is 1.81 bits per heavy atom. The fourth-order valence-electron chi connectivity index (χ4n) is 5.16. The standard InChI is InChI=1S/C25H33N5O/c31-24-22-12-4-5-13-23(22)27-30(24)25(14-6-7-15-26-25)29-19-17-28(18-20-29)16-8-11-21-9-2-1-3-10-21/h1-3,6-7,9-10,14-15,26,31H,4-5,8,11-13,16-20H2. The zero-order valence-corrected chi connectivity index (χ0v) is 18.2. The van der Waals surface area contributed by atoms with E-state index < -0.39 is 5.79 Å². The average molecular weight is 420 g/mol. The van der Waals surface area contributed by atoms with Crippen LogP contribution < -0.4 is 5.32 Å². The largest absolute Gasteiger partial charge is 0.493 e. The van der Waals surface area contributed by atoms with Crippen molar-refractivity contribution in [2.75, 3.05) is 32.7 Å². The topological polar surface area (TPSA) is 56.6 Å². The molecule has 164 valence electrons. The van der Waals surface area contributed by atoms with Crippen LogP contribution in [-0.4, -0.2) is 57.4 Å². The van der Waals surface area contributed by atoms with Gasteiger partial charge in [-0.25, -0.2) is 0 Å². The predicted molar refractivity (Wildman–Crippen MR) is 123 cm³/mol. The Bertz CT molecular complexity index is 942. The fourth-order valence-corrected chi connectivity index (χ4v) is 5.16. The van der Waals surface area contributed by atoms with Crippen molar-refractivity contribution in [3.63, 3.8) is 0 Å². The van der Waals surface area contributed by atoms with Gasteiger partial charge in [-0.3, -0.25) is 4.90 Å². The van der Waals surface area contributed by atoms with Crippen LogP contribution in [0.1, 0.15) is 36.1 Å². The quantitative estimate of drug-likeness (QED) is 0.754. The van der Waals surface area contributed by atoms with Crippen LogP contribution in [0.4, 0.5) is 0 Å². The molecule has 0 bridgehead atoms. The van der Waals surface area contributed by atoms with Crippen molar-refractivity contribution < 1.29 is 5.11 Å². The van der Waals surface area contributed by atoms with Crippen molar-refractivity contribution >= 4 is 0 Å². The lowest BCUT2D eigenvalue weighted by Gasteiger charge is -2.46. The second-order valence-corrected chi connectivity index (χ2v) is 8.87. The molecule has 0 saturated carbocycles. The van der Waals surface area contributed by atoms with Crippen molar-refractivity contribution in [2.24, 2.45) is 0 Å². The number of benzene rings is 1. The van der Waals surface area contributed by atoms with Crippen LogP contribution in [0.2, 0.25) is 0 Å². The van der Waals surface area contributed by atoms with E-state index in [0.29, 0.717) is 5.88 Å². The second kappa shape index (κ2) is 8.89. The van der Waals surface area contributed by atoms with E-state index in [9.17, 15) is 5.11 Å². The molecule has 1 aromatic heterocycles. The second-order valence-electron chi connectivity index (χ2n) is 8.87. The maximum atomic E-state index is 11.1. The van der Waals surface area contributed by atoms with Gasteiger partial charge in [-0.2, -0.15) is 9.78 Å². The number of nitrogens with one attached hydrogen (secondary N) is 1. The molecule has 0 radical (unpaired) electrons. The van der Waals surface area contributed by atoms with E-state index in [2.05, 4.69) is 57.6 Å². The van der Waals surface area contributed by atoms with Crippen molar-refractivity contribution in [1.82, 2.24) is 24.9 Å². The minimum absolute atomic E-state index is 0.326. The van der Waals surface area contributed by atoms with Crippen LogP contribution >= 0.6 is 0 Å². The fraction of sp³-hybridized carbons (Fsp3) is 0.480. The number of aryl methyl sites for hydroxylation is 2. The Morgan fingerprint density at radius 3 is 2.55 bits per heavy atom. The van der Waals surface area contributed by atoms with Gasteiger partial charge in [-0.1, -0.05) is 36.4 Å². The Hall–Kier alpha value is -2.57. The van der Waals surface area contributed by atoms with Gasteiger partial charge >= 0.3 is 0 Å². The molecule has 6 heteroatoms. The van der Waals surface area contributed by atoms with E-state index in [-0.39, 0.29) is 0 Å². The lowest BCUT2D eigenvalue weighted by molar-refractivity contribution is -0.0146. The number of aromatic hydroxyl groups is 1. The first kappa shape index (κ1) is 20.3. The van der Waals surface area contributed by atoms with Crippen LogP contribution in [0.25, 0.3) is 0 Å². The van der Waals surface area contributed by atoms with Crippen LogP contribution in [0.3, 0.4) is 0 Å². The number of rotatable bonds is 6. The highest BCUT2D eigenvalue weighted by Crippen LogP contribution is 2.35. The number of hydrogen-bond donors (Lipinski definition) is 2. The molecule has 1 atom stereocenters. The van der Waals surface area contributed by atoms with Gasteiger partial charge in [-0.05, 0) is 69.0 Å². The number of dihydropyridines is 1. The normalized spacial score (nSPS) is 24.1. The summed E-state index contributed by atoms with van der Waals surface area (Å²) in [5.74, 6) is -0.306. The highest BCUT2D eigenvalue weighted by atomic mass is 16.3. The zero-order valence-electron chi connectivity index (χ0n) is 18.2. The van der Waals surface area contributed by atoms with E-state index in [1.54, 1.807) is 0 Å². The van der Waals surface area contributed by atoms with Gasteiger partial charge in [0.25, 0.3) is 0 Å². The van der Waals surface area contributed by atoms with Gasteiger partial charge in [0, 0.05) is 31.7 Å². The maximum absolute atomic E-state index is 11.1. The van der Waals surface area contributed by atoms with Crippen LogP contribution in [0.5, 0.6) is 5.88 Å². The lowest BCUT2D eigenvalue weighted by Crippen LogP contribution is -2.63. The van der Waals surface area contributed by atoms with Crippen molar-refractivity contribution in [2.45, 2.75) is 44.3 Å². The van der Waals surface area contributed by atoms with Crippen LogP contribution in [0, 0.1) is 0 Å². The van der Waals surface area contributed by atoms with Crippen molar-refractivity contribution in [1.29, 1.82) is 0 Å². The molecule has 3 aliphatic rings. The molecule has 1 saturated heterocycles. The van der Waals surface area contributed by atoms with Gasteiger partial charge in [0.05, 0.1) is 5.69 Å². The smallest absolute Gasteiger partial charge is 0.216 e. The molecule has 1 fully saturated rings. The molecule has 0 spiro atoms. The number of allylic oxidation sites excluding steroid dienone is 2. The summed E-state index contributed by atoms with van der Waals surface area (Å²) in [4.78, 5) is 4.97. The summed E-state index contributed by atoms with van der Waals surface area (Å²) in [6.45, 7) is 5.04. The summed E-state index contributed by atoms with van der Waals surface area (Å²) in [6, 6.07) is 10.7. The summed E-state index contributed by atoms with van der Waals surface area (Å²) in [5, 5.41) is 19.5. The summed E-state index contributed by atoms with van der Waals surface area (Å²) in [6.07, 6.45) is 14.6. The van der Waals surface area contributed by atoms with Gasteiger partial charge in [0.2, 0.25) is 11.7 Å². The van der Waals surface area contributed by atoms with E-state index in [1.807, 2.05) is 17.0 Å². The van der Waals surface area contributed by atoms with E-state index in [4.69, 9.17) is 5.10 Å². The Kier molecular flexibility index (Phi) is 5.83. The molecular weight excluding hydrogens is 386 g/mol. The summed E-state index contributed by atoms with van der Waals surface area (Å²) in [7, 11) is 0. The summed E-state index contributed by atoms with van der Waals surface area (Å²) < 4.78 is 1.83. The minimum Gasteiger partial charge on any atom is -0.493 e. The van der Waals surface area contributed by atoms with E-state index >= 15 is 0 Å². The number of aromatic nitrogens is 2. The first-order valence-electron chi connectivity index (χ1n) is 11.7. The molecule has 5 rings (SSSR count). The Balaban J connectivity index is 1.26. The van der Waals surface area contributed by atoms with Gasteiger partial charge in [-0.15, -0.1) is 0 Å². The minimum atomic E-state index is -0.633. The third kappa shape index (κ3) is 4.02. The van der Waals surface area contributed by atoms with Crippen LogP contribution in [0.15, 0.2) is 54.8 Å². The lowest BCUT2D eigenvalue weighted by atomic mass is 9.98.